The first-order valence-corrected chi connectivity index (χ1v) is 7.36. The maximum Gasteiger partial charge on any atom is 0.135 e. The number of benzene rings is 1. The van der Waals surface area contributed by atoms with Gasteiger partial charge in [-0.1, -0.05) is 69.7 Å². The van der Waals surface area contributed by atoms with E-state index in [9.17, 15) is 4.39 Å². The molecule has 0 atom stereocenters. The van der Waals surface area contributed by atoms with Gasteiger partial charge in [0.15, 0.2) is 0 Å². The van der Waals surface area contributed by atoms with E-state index in [1.165, 1.54) is 50.5 Å². The van der Waals surface area contributed by atoms with Gasteiger partial charge in [0.25, 0.3) is 0 Å². The van der Waals surface area contributed by atoms with Crippen LogP contribution in [0.4, 0.5) is 4.39 Å². The van der Waals surface area contributed by atoms with Crippen LogP contribution in [0.15, 0.2) is 24.3 Å². The minimum Gasteiger partial charge on any atom is -0.244 e. The van der Waals surface area contributed by atoms with Gasteiger partial charge in [-0.05, 0) is 24.0 Å². The molecule has 1 radical (unpaired) electrons. The van der Waals surface area contributed by atoms with Gasteiger partial charge in [-0.15, -0.1) is 0 Å². The highest BCUT2D eigenvalue weighted by atomic mass is 19.1. The maximum absolute atomic E-state index is 12.0. The molecule has 1 aromatic rings. The van der Waals surface area contributed by atoms with Crippen molar-refractivity contribution in [1.29, 1.82) is 0 Å². The van der Waals surface area contributed by atoms with Gasteiger partial charge in [-0.3, -0.25) is 0 Å². The number of halogens is 1. The van der Waals surface area contributed by atoms with Crippen molar-refractivity contribution in [1.82, 2.24) is 0 Å². The molecule has 1 rings (SSSR count). The van der Waals surface area contributed by atoms with Crippen LogP contribution in [-0.2, 0) is 12.8 Å². The zero-order valence-corrected chi connectivity index (χ0v) is 11.6. The quantitative estimate of drug-likeness (QED) is 0.470. The number of rotatable bonds is 10. The summed E-state index contributed by atoms with van der Waals surface area (Å²) in [5.74, 6) is 0. The number of aryl methyl sites for hydroxylation is 1. The Morgan fingerprint density at radius 3 is 2.00 bits per heavy atom. The molecule has 101 valence electrons. The molecule has 1 aromatic carbocycles. The van der Waals surface area contributed by atoms with Crippen LogP contribution in [-0.4, -0.2) is 0 Å². The maximum atomic E-state index is 12.0. The van der Waals surface area contributed by atoms with E-state index in [1.54, 1.807) is 0 Å². The van der Waals surface area contributed by atoms with Crippen LogP contribution in [0.1, 0.15) is 63.0 Å². The SMILES string of the molecule is CCCCCCCCCc1ccc(C[CH]F)cc1. The van der Waals surface area contributed by atoms with E-state index >= 15 is 0 Å². The van der Waals surface area contributed by atoms with Gasteiger partial charge in [0, 0.05) is 6.42 Å². The number of unbranched alkanes of at least 4 members (excludes halogenated alkanes) is 6. The van der Waals surface area contributed by atoms with Gasteiger partial charge >= 0.3 is 0 Å². The third-order valence-corrected chi connectivity index (χ3v) is 3.40. The Labute approximate surface area is 112 Å². The zero-order valence-electron chi connectivity index (χ0n) is 11.6. The molecule has 0 nitrogen and oxygen atoms in total. The third kappa shape index (κ3) is 6.78. The summed E-state index contributed by atoms with van der Waals surface area (Å²) >= 11 is 0. The first-order chi connectivity index (χ1) is 8.86. The molecule has 0 aliphatic rings. The molecule has 0 saturated heterocycles. The molecule has 0 aliphatic carbocycles. The average molecular weight is 249 g/mol. The van der Waals surface area contributed by atoms with E-state index < -0.39 is 0 Å². The molecule has 18 heavy (non-hydrogen) atoms. The van der Waals surface area contributed by atoms with Crippen LogP contribution in [0.25, 0.3) is 0 Å². The minimum atomic E-state index is 0.428. The van der Waals surface area contributed by atoms with Crippen molar-refractivity contribution in [2.45, 2.75) is 64.7 Å². The fourth-order valence-corrected chi connectivity index (χ4v) is 2.22. The summed E-state index contributed by atoms with van der Waals surface area (Å²) < 4.78 is 12.0. The Morgan fingerprint density at radius 1 is 0.833 bits per heavy atom. The highest BCUT2D eigenvalue weighted by Gasteiger charge is 1.96. The molecule has 0 N–H and O–H groups in total. The van der Waals surface area contributed by atoms with Gasteiger partial charge in [0.2, 0.25) is 0 Å². The molecule has 0 saturated carbocycles. The van der Waals surface area contributed by atoms with Crippen LogP contribution in [0, 0.1) is 6.67 Å². The van der Waals surface area contributed by atoms with Crippen LogP contribution < -0.4 is 0 Å². The molecule has 0 fully saturated rings. The van der Waals surface area contributed by atoms with E-state index in [4.69, 9.17) is 0 Å². The molecule has 0 aromatic heterocycles. The summed E-state index contributed by atoms with van der Waals surface area (Å²) in [6.45, 7) is 2.97. The molecule has 0 bridgehead atoms. The molecular weight excluding hydrogens is 223 g/mol. The summed E-state index contributed by atoms with van der Waals surface area (Å²) in [7, 11) is 0. The van der Waals surface area contributed by atoms with Gasteiger partial charge in [-0.25, -0.2) is 4.39 Å². The lowest BCUT2D eigenvalue weighted by Crippen LogP contribution is -1.88. The van der Waals surface area contributed by atoms with Crippen LogP contribution in [0.3, 0.4) is 0 Å². The van der Waals surface area contributed by atoms with Crippen molar-refractivity contribution >= 4 is 0 Å². The molecule has 0 spiro atoms. The lowest BCUT2D eigenvalue weighted by molar-refractivity contribution is 0.589. The predicted molar refractivity (Wildman–Crippen MR) is 77.3 cm³/mol. The van der Waals surface area contributed by atoms with E-state index in [0.717, 1.165) is 12.0 Å². The molecule has 0 amide bonds. The number of hydrogen-bond donors (Lipinski definition) is 0. The first-order valence-electron chi connectivity index (χ1n) is 7.36. The Balaban J connectivity index is 2.08. The summed E-state index contributed by atoms with van der Waals surface area (Å²) in [4.78, 5) is 0. The van der Waals surface area contributed by atoms with Gasteiger partial charge in [-0.2, -0.15) is 0 Å². The average Bonchev–Trinajstić information content (AvgIpc) is 2.40. The lowest BCUT2D eigenvalue weighted by atomic mass is 10.0. The Hall–Kier alpha value is -0.850. The fraction of sp³-hybridized carbons (Fsp3) is 0.588. The summed E-state index contributed by atoms with van der Waals surface area (Å²) in [6, 6.07) is 8.34. The second-order valence-corrected chi connectivity index (χ2v) is 5.05. The van der Waals surface area contributed by atoms with Crippen molar-refractivity contribution in [3.8, 4) is 0 Å². The van der Waals surface area contributed by atoms with E-state index in [0.29, 0.717) is 13.1 Å². The zero-order chi connectivity index (χ0) is 13.1. The smallest absolute Gasteiger partial charge is 0.135 e. The van der Waals surface area contributed by atoms with Crippen molar-refractivity contribution in [2.24, 2.45) is 0 Å². The van der Waals surface area contributed by atoms with Crippen molar-refractivity contribution in [2.75, 3.05) is 0 Å². The molecule has 0 aliphatic heterocycles. The molecule has 0 heterocycles. The van der Waals surface area contributed by atoms with E-state index in [-0.39, 0.29) is 0 Å². The molecule has 1 heteroatoms. The van der Waals surface area contributed by atoms with Crippen LogP contribution in [0.5, 0.6) is 0 Å². The molecule has 0 unspecified atom stereocenters. The van der Waals surface area contributed by atoms with Crippen LogP contribution >= 0.6 is 0 Å². The highest BCUT2D eigenvalue weighted by Crippen LogP contribution is 2.12. The highest BCUT2D eigenvalue weighted by molar-refractivity contribution is 5.23. The topological polar surface area (TPSA) is 0 Å². The number of hydrogen-bond acceptors (Lipinski definition) is 0. The summed E-state index contributed by atoms with van der Waals surface area (Å²) in [6.07, 6.45) is 11.1. The summed E-state index contributed by atoms with van der Waals surface area (Å²) in [5.41, 5.74) is 2.44. The van der Waals surface area contributed by atoms with Gasteiger partial charge < -0.3 is 0 Å². The lowest BCUT2D eigenvalue weighted by Gasteiger charge is -2.03. The van der Waals surface area contributed by atoms with Crippen molar-refractivity contribution in [3.63, 3.8) is 0 Å². The fourth-order valence-electron chi connectivity index (χ4n) is 2.22. The monoisotopic (exact) mass is 249 g/mol. The van der Waals surface area contributed by atoms with Crippen molar-refractivity contribution < 1.29 is 4.39 Å². The third-order valence-electron chi connectivity index (χ3n) is 3.40. The second kappa shape index (κ2) is 10.1. The normalized spacial score (nSPS) is 10.8. The van der Waals surface area contributed by atoms with Gasteiger partial charge in [0.1, 0.15) is 6.67 Å². The first kappa shape index (κ1) is 15.2. The summed E-state index contributed by atoms with van der Waals surface area (Å²) in [5, 5.41) is 0. The Morgan fingerprint density at radius 2 is 1.39 bits per heavy atom. The predicted octanol–water partition coefficient (Wildman–Crippen LogP) is 5.65. The Bertz CT molecular complexity index is 289. The van der Waals surface area contributed by atoms with Gasteiger partial charge in [0.05, 0.1) is 0 Å². The molecular formula is C17H26F. The second-order valence-electron chi connectivity index (χ2n) is 5.05. The largest absolute Gasteiger partial charge is 0.244 e. The minimum absolute atomic E-state index is 0.428. The van der Waals surface area contributed by atoms with E-state index in [2.05, 4.69) is 19.1 Å². The standard InChI is InChI=1S/C17H26F/c1-2-3-4-5-6-7-8-9-16-10-12-17(13-11-16)14-15-18/h10-13,15H,2-9,14H2,1H3. The Kier molecular flexibility index (Phi) is 8.54. The van der Waals surface area contributed by atoms with Crippen molar-refractivity contribution in [3.05, 3.63) is 42.1 Å². The van der Waals surface area contributed by atoms with Crippen LogP contribution in [0.2, 0.25) is 0 Å². The van der Waals surface area contributed by atoms with E-state index in [1.807, 2.05) is 12.1 Å².